The van der Waals surface area contributed by atoms with Crippen LogP contribution in [0.5, 0.6) is 0 Å². The molecular formula is C15H17F2N5O. The summed E-state index contributed by atoms with van der Waals surface area (Å²) in [6, 6.07) is 1.40. The molecule has 2 aromatic rings. The zero-order chi connectivity index (χ0) is 16.0. The topological polar surface area (TPSA) is 63.4 Å². The molecule has 122 valence electrons. The lowest BCUT2D eigenvalue weighted by Gasteiger charge is -2.32. The fourth-order valence-corrected chi connectivity index (χ4v) is 3.23. The van der Waals surface area contributed by atoms with Crippen molar-refractivity contribution < 1.29 is 13.6 Å². The van der Waals surface area contributed by atoms with Gasteiger partial charge in [-0.2, -0.15) is 14.6 Å². The third kappa shape index (κ3) is 2.66. The van der Waals surface area contributed by atoms with Gasteiger partial charge in [0.15, 0.2) is 0 Å². The van der Waals surface area contributed by atoms with Gasteiger partial charge in [0.05, 0.1) is 5.69 Å². The van der Waals surface area contributed by atoms with Crippen LogP contribution < -0.4 is 0 Å². The number of aromatic nitrogens is 4. The molecule has 0 bridgehead atoms. The fourth-order valence-electron chi connectivity index (χ4n) is 3.23. The summed E-state index contributed by atoms with van der Waals surface area (Å²) in [5.41, 5.74) is 0.377. The van der Waals surface area contributed by atoms with Crippen LogP contribution in [0.4, 0.5) is 8.78 Å². The second-order valence-electron chi connectivity index (χ2n) is 6.28. The molecule has 1 saturated carbocycles. The molecule has 0 radical (unpaired) electrons. The Morgan fingerprint density at radius 1 is 1.30 bits per heavy atom. The van der Waals surface area contributed by atoms with Gasteiger partial charge in [0.1, 0.15) is 12.0 Å². The number of hydrogen-bond donors (Lipinski definition) is 0. The first-order chi connectivity index (χ1) is 11.1. The number of carbonyl (C=O) groups excluding carboxylic acids is 1. The molecule has 1 aliphatic heterocycles. The lowest BCUT2D eigenvalue weighted by atomic mass is 9.94. The second kappa shape index (κ2) is 5.50. The molecule has 3 heterocycles. The summed E-state index contributed by atoms with van der Waals surface area (Å²) in [5, 5.41) is 3.80. The highest BCUT2D eigenvalue weighted by atomic mass is 19.3. The number of rotatable bonds is 3. The minimum atomic E-state index is -2.64. The first-order valence-corrected chi connectivity index (χ1v) is 7.91. The molecule has 1 aliphatic carbocycles. The van der Waals surface area contributed by atoms with Gasteiger partial charge >= 0.3 is 0 Å². The monoisotopic (exact) mass is 321 g/mol. The summed E-state index contributed by atoms with van der Waals surface area (Å²) in [5.74, 6) is 0.541. The Bertz CT molecular complexity index is 743. The number of hydrogen-bond acceptors (Lipinski definition) is 4. The van der Waals surface area contributed by atoms with Gasteiger partial charge in [-0.25, -0.2) is 13.8 Å². The molecule has 2 fully saturated rings. The Kier molecular flexibility index (Phi) is 3.46. The predicted octanol–water partition coefficient (Wildman–Crippen LogP) is 2.18. The Labute approximate surface area is 131 Å². The Morgan fingerprint density at radius 3 is 2.87 bits per heavy atom. The molecule has 2 aliphatic rings. The minimum Gasteiger partial charge on any atom is -0.342 e. The van der Waals surface area contributed by atoms with Crippen LogP contribution in [0.3, 0.4) is 0 Å². The molecule has 4 rings (SSSR count). The molecule has 1 amide bonds. The lowest BCUT2D eigenvalue weighted by molar-refractivity contribution is -0.133. The predicted molar refractivity (Wildman–Crippen MR) is 77.0 cm³/mol. The molecule has 0 aromatic carbocycles. The molecular weight excluding hydrogens is 304 g/mol. The van der Waals surface area contributed by atoms with E-state index in [2.05, 4.69) is 15.1 Å². The van der Waals surface area contributed by atoms with Crippen molar-refractivity contribution in [1.29, 1.82) is 0 Å². The summed E-state index contributed by atoms with van der Waals surface area (Å²) in [4.78, 5) is 22.4. The number of amides is 1. The summed E-state index contributed by atoms with van der Waals surface area (Å²) in [6.07, 6.45) is 2.23. The van der Waals surface area contributed by atoms with Gasteiger partial charge in [-0.1, -0.05) is 0 Å². The number of alkyl halides is 2. The van der Waals surface area contributed by atoms with Gasteiger partial charge in [0, 0.05) is 24.9 Å². The van der Waals surface area contributed by atoms with Crippen molar-refractivity contribution in [2.75, 3.05) is 13.1 Å². The van der Waals surface area contributed by atoms with Crippen molar-refractivity contribution in [2.24, 2.45) is 5.92 Å². The Hall–Kier alpha value is -2.12. The maximum Gasteiger partial charge on any atom is 0.280 e. The third-order valence-corrected chi connectivity index (χ3v) is 4.60. The molecule has 6 nitrogen and oxygen atoms in total. The summed E-state index contributed by atoms with van der Waals surface area (Å²) in [7, 11) is 0. The van der Waals surface area contributed by atoms with Crippen LogP contribution in [-0.4, -0.2) is 43.5 Å². The molecule has 2 aromatic heterocycles. The molecule has 23 heavy (non-hydrogen) atoms. The van der Waals surface area contributed by atoms with E-state index in [1.807, 2.05) is 4.90 Å². The van der Waals surface area contributed by atoms with Gasteiger partial charge in [0.2, 0.25) is 5.91 Å². The van der Waals surface area contributed by atoms with Crippen LogP contribution in [0.15, 0.2) is 12.4 Å². The van der Waals surface area contributed by atoms with Crippen molar-refractivity contribution in [3.05, 3.63) is 23.8 Å². The first-order valence-electron chi connectivity index (χ1n) is 7.91. The minimum absolute atomic E-state index is 0.0225. The molecule has 1 unspecified atom stereocenters. The van der Waals surface area contributed by atoms with E-state index in [9.17, 15) is 13.6 Å². The van der Waals surface area contributed by atoms with E-state index < -0.39 is 6.43 Å². The third-order valence-electron chi connectivity index (χ3n) is 4.60. The van der Waals surface area contributed by atoms with Crippen molar-refractivity contribution in [3.63, 3.8) is 0 Å². The molecule has 1 saturated heterocycles. The molecule has 0 spiro atoms. The van der Waals surface area contributed by atoms with Crippen LogP contribution in [-0.2, 0) is 4.79 Å². The fraction of sp³-hybridized carbons (Fsp3) is 0.600. The SMILES string of the molecule is O=C(C1CC1)N1CCCC(c2cc(C(F)F)n3ncnc3n2)C1. The van der Waals surface area contributed by atoms with Crippen LogP contribution in [0.25, 0.3) is 5.78 Å². The van der Waals surface area contributed by atoms with Crippen LogP contribution in [0.2, 0.25) is 0 Å². The van der Waals surface area contributed by atoms with Crippen LogP contribution in [0.1, 0.15) is 49.4 Å². The highest BCUT2D eigenvalue weighted by Gasteiger charge is 2.36. The van der Waals surface area contributed by atoms with Crippen molar-refractivity contribution in [3.8, 4) is 0 Å². The first kappa shape index (κ1) is 14.5. The Balaban J connectivity index is 1.63. The zero-order valence-electron chi connectivity index (χ0n) is 12.5. The van der Waals surface area contributed by atoms with Gasteiger partial charge < -0.3 is 4.90 Å². The van der Waals surface area contributed by atoms with Gasteiger partial charge in [-0.15, -0.1) is 0 Å². The van der Waals surface area contributed by atoms with E-state index in [0.29, 0.717) is 12.2 Å². The number of fused-ring (bicyclic) bond motifs is 1. The smallest absolute Gasteiger partial charge is 0.280 e. The standard InChI is InChI=1S/C15H17F2N5O/c16-13(17)12-6-11(20-15-18-8-19-22(12)15)10-2-1-5-21(7-10)14(23)9-3-4-9/h6,8-10,13H,1-5,7H2. The number of piperidine rings is 1. The van der Waals surface area contributed by atoms with Crippen molar-refractivity contribution in [2.45, 2.75) is 38.0 Å². The van der Waals surface area contributed by atoms with Gasteiger partial charge in [0.25, 0.3) is 12.2 Å². The van der Waals surface area contributed by atoms with E-state index in [0.717, 1.165) is 36.7 Å². The normalized spacial score (nSPS) is 22.0. The van der Waals surface area contributed by atoms with E-state index in [1.165, 1.54) is 12.4 Å². The Morgan fingerprint density at radius 2 is 2.13 bits per heavy atom. The summed E-state index contributed by atoms with van der Waals surface area (Å²) >= 11 is 0. The second-order valence-corrected chi connectivity index (χ2v) is 6.28. The largest absolute Gasteiger partial charge is 0.342 e. The highest BCUT2D eigenvalue weighted by molar-refractivity contribution is 5.81. The van der Waals surface area contributed by atoms with Crippen LogP contribution in [0, 0.1) is 5.92 Å². The quantitative estimate of drug-likeness (QED) is 0.869. The zero-order valence-corrected chi connectivity index (χ0v) is 12.5. The number of carbonyl (C=O) groups is 1. The lowest BCUT2D eigenvalue weighted by Crippen LogP contribution is -2.40. The summed E-state index contributed by atoms with van der Waals surface area (Å²) < 4.78 is 27.6. The number of likely N-dealkylation sites (tertiary alicyclic amines) is 1. The summed E-state index contributed by atoms with van der Waals surface area (Å²) in [6.45, 7) is 1.30. The highest BCUT2D eigenvalue weighted by Crippen LogP contribution is 2.34. The molecule has 0 N–H and O–H groups in total. The van der Waals surface area contributed by atoms with Gasteiger partial charge in [-0.3, -0.25) is 4.79 Å². The van der Waals surface area contributed by atoms with E-state index in [1.54, 1.807) is 0 Å². The molecule has 1 atom stereocenters. The maximum atomic E-state index is 13.3. The van der Waals surface area contributed by atoms with E-state index in [4.69, 9.17) is 0 Å². The van der Waals surface area contributed by atoms with Crippen molar-refractivity contribution >= 4 is 11.7 Å². The molecule has 8 heteroatoms. The average molecular weight is 321 g/mol. The van der Waals surface area contributed by atoms with Gasteiger partial charge in [-0.05, 0) is 31.7 Å². The van der Waals surface area contributed by atoms with Crippen LogP contribution >= 0.6 is 0 Å². The maximum absolute atomic E-state index is 13.3. The number of nitrogens with zero attached hydrogens (tertiary/aromatic N) is 5. The number of halogens is 2. The van der Waals surface area contributed by atoms with E-state index >= 15 is 0 Å². The van der Waals surface area contributed by atoms with Crippen molar-refractivity contribution in [1.82, 2.24) is 24.5 Å². The average Bonchev–Trinajstić information content (AvgIpc) is 3.30. The van der Waals surface area contributed by atoms with E-state index in [-0.39, 0.29) is 29.2 Å².